The Balaban J connectivity index is 1.65. The van der Waals surface area contributed by atoms with Crippen molar-refractivity contribution in [3.8, 4) is 0 Å². The molecule has 0 aliphatic carbocycles. The van der Waals surface area contributed by atoms with Crippen LogP contribution in [0.15, 0.2) is 52.8 Å². The molecule has 4 rings (SSSR count). The zero-order valence-electron chi connectivity index (χ0n) is 12.7. The van der Waals surface area contributed by atoms with Gasteiger partial charge in [0, 0.05) is 16.8 Å². The third kappa shape index (κ3) is 2.75. The van der Waals surface area contributed by atoms with Crippen LogP contribution in [0, 0.1) is 5.82 Å². The first-order chi connectivity index (χ1) is 11.3. The predicted octanol–water partition coefficient (Wildman–Crippen LogP) is 4.18. The fraction of sp³-hybridized carbons (Fsp3) is 0.211. The summed E-state index contributed by atoms with van der Waals surface area (Å²) in [6.07, 6.45) is 1.51. The van der Waals surface area contributed by atoms with Gasteiger partial charge in [-0.25, -0.2) is 4.39 Å². The molecule has 0 amide bonds. The Labute approximate surface area is 138 Å². The minimum Gasteiger partial charge on any atom is -0.368 e. The van der Waals surface area contributed by atoms with E-state index in [1.807, 2.05) is 6.07 Å². The molecule has 1 aliphatic heterocycles. The average molecular weight is 324 g/mol. The zero-order valence-corrected chi connectivity index (χ0v) is 13.5. The Morgan fingerprint density at radius 3 is 2.87 bits per heavy atom. The number of aliphatic imine (C=N–C) groups is 1. The number of fused-ring (bicyclic) bond motifs is 1. The van der Waals surface area contributed by atoms with Crippen LogP contribution in [-0.4, -0.2) is 18.9 Å². The summed E-state index contributed by atoms with van der Waals surface area (Å²) in [4.78, 5) is 4.44. The lowest BCUT2D eigenvalue weighted by molar-refractivity contribution is 0.608. The van der Waals surface area contributed by atoms with Crippen LogP contribution in [0.2, 0.25) is 0 Å². The minimum absolute atomic E-state index is 0.142. The molecular formula is C19H17FN2S. The molecule has 2 heterocycles. The average Bonchev–Trinajstić information content (AvgIpc) is 3.25. The molecule has 0 saturated carbocycles. The van der Waals surface area contributed by atoms with Gasteiger partial charge >= 0.3 is 0 Å². The highest BCUT2D eigenvalue weighted by molar-refractivity contribution is 7.17. The van der Waals surface area contributed by atoms with E-state index in [2.05, 4.69) is 40.0 Å². The Hall–Kier alpha value is -2.20. The highest BCUT2D eigenvalue weighted by atomic mass is 32.1. The van der Waals surface area contributed by atoms with E-state index in [1.54, 1.807) is 23.5 Å². The molecule has 4 heteroatoms. The lowest BCUT2D eigenvalue weighted by Crippen LogP contribution is -2.21. The maximum absolute atomic E-state index is 14.4. The van der Waals surface area contributed by atoms with Crippen molar-refractivity contribution >= 4 is 27.3 Å². The van der Waals surface area contributed by atoms with Crippen molar-refractivity contribution in [3.05, 3.63) is 70.4 Å². The second-order valence-electron chi connectivity index (χ2n) is 5.67. The Morgan fingerprint density at radius 1 is 1.09 bits per heavy atom. The van der Waals surface area contributed by atoms with E-state index >= 15 is 0 Å². The maximum atomic E-state index is 14.4. The van der Waals surface area contributed by atoms with Crippen molar-refractivity contribution in [2.24, 2.45) is 4.99 Å². The number of benzene rings is 2. The molecule has 0 spiro atoms. The van der Waals surface area contributed by atoms with Gasteiger partial charge in [0.05, 0.1) is 6.54 Å². The van der Waals surface area contributed by atoms with Crippen LogP contribution in [0.3, 0.4) is 0 Å². The Kier molecular flexibility index (Phi) is 3.83. The molecule has 2 nitrogen and oxygen atoms in total. The molecule has 0 bridgehead atoms. The Bertz CT molecular complexity index is 882. The molecule has 3 aromatic rings. The second kappa shape index (κ2) is 6.13. The van der Waals surface area contributed by atoms with Crippen molar-refractivity contribution in [2.75, 3.05) is 13.1 Å². The number of hydrogen-bond donors (Lipinski definition) is 1. The van der Waals surface area contributed by atoms with E-state index < -0.39 is 0 Å². The summed E-state index contributed by atoms with van der Waals surface area (Å²) in [6, 6.07) is 13.8. The molecule has 0 unspecified atom stereocenters. The Morgan fingerprint density at radius 2 is 2.00 bits per heavy atom. The lowest BCUT2D eigenvalue weighted by atomic mass is 9.97. The van der Waals surface area contributed by atoms with E-state index in [0.29, 0.717) is 6.42 Å². The van der Waals surface area contributed by atoms with Gasteiger partial charge in [-0.15, -0.1) is 11.3 Å². The molecular weight excluding hydrogens is 307 g/mol. The molecule has 0 fully saturated rings. The third-order valence-corrected chi connectivity index (χ3v) is 5.16. The van der Waals surface area contributed by atoms with Crippen LogP contribution >= 0.6 is 11.3 Å². The number of nitrogens with zero attached hydrogens (tertiary/aromatic N) is 1. The van der Waals surface area contributed by atoms with E-state index in [1.165, 1.54) is 15.6 Å². The van der Waals surface area contributed by atoms with Crippen LogP contribution in [-0.2, 0) is 12.8 Å². The van der Waals surface area contributed by atoms with Gasteiger partial charge in [0.15, 0.2) is 0 Å². The van der Waals surface area contributed by atoms with E-state index in [-0.39, 0.29) is 5.82 Å². The largest absolute Gasteiger partial charge is 0.368 e. The third-order valence-electron chi connectivity index (χ3n) is 4.28. The molecule has 1 aliphatic rings. The molecule has 0 saturated heterocycles. The van der Waals surface area contributed by atoms with Gasteiger partial charge in [-0.3, -0.25) is 4.99 Å². The molecule has 116 valence electrons. The first kappa shape index (κ1) is 14.4. The van der Waals surface area contributed by atoms with Crippen LogP contribution in [0.5, 0.6) is 0 Å². The monoisotopic (exact) mass is 324 g/mol. The molecule has 0 radical (unpaired) electrons. The zero-order chi connectivity index (χ0) is 15.6. The molecule has 0 atom stereocenters. The second-order valence-corrected chi connectivity index (χ2v) is 6.62. The first-order valence-electron chi connectivity index (χ1n) is 7.84. The lowest BCUT2D eigenvalue weighted by Gasteiger charge is -2.12. The number of rotatable bonds is 4. The van der Waals surface area contributed by atoms with Gasteiger partial charge in [-0.05, 0) is 52.9 Å². The van der Waals surface area contributed by atoms with Crippen LogP contribution in [0.25, 0.3) is 10.1 Å². The van der Waals surface area contributed by atoms with Gasteiger partial charge in [0.1, 0.15) is 11.7 Å². The number of halogens is 1. The van der Waals surface area contributed by atoms with Crippen LogP contribution < -0.4 is 5.32 Å². The van der Waals surface area contributed by atoms with Crippen molar-refractivity contribution in [1.29, 1.82) is 0 Å². The quantitative estimate of drug-likeness (QED) is 0.765. The summed E-state index contributed by atoms with van der Waals surface area (Å²) in [7, 11) is 0. The van der Waals surface area contributed by atoms with Crippen molar-refractivity contribution in [2.45, 2.75) is 12.8 Å². The molecule has 2 aromatic carbocycles. The maximum Gasteiger partial charge on any atom is 0.128 e. The van der Waals surface area contributed by atoms with E-state index in [0.717, 1.165) is 36.5 Å². The fourth-order valence-corrected chi connectivity index (χ4v) is 3.98. The van der Waals surface area contributed by atoms with E-state index in [4.69, 9.17) is 0 Å². The van der Waals surface area contributed by atoms with E-state index in [9.17, 15) is 4.39 Å². The van der Waals surface area contributed by atoms with Crippen LogP contribution in [0.4, 0.5) is 4.39 Å². The standard InChI is InChI=1S/C19H17FN2S/c20-17-5-2-4-16(19-21-10-11-22-19)15(17)8-7-13-3-1-6-18-14(13)9-12-23-18/h1-6,9,12H,7-8,10-11H2,(H,21,22). The molecule has 1 aromatic heterocycles. The van der Waals surface area contributed by atoms with Crippen LogP contribution in [0.1, 0.15) is 16.7 Å². The fourth-order valence-electron chi connectivity index (χ4n) is 3.15. The highest BCUT2D eigenvalue weighted by Crippen LogP contribution is 2.26. The summed E-state index contributed by atoms with van der Waals surface area (Å²) >= 11 is 1.75. The summed E-state index contributed by atoms with van der Waals surface area (Å²) in [5.41, 5.74) is 2.94. The smallest absolute Gasteiger partial charge is 0.128 e. The summed E-state index contributed by atoms with van der Waals surface area (Å²) in [5, 5.41) is 6.64. The highest BCUT2D eigenvalue weighted by Gasteiger charge is 2.16. The molecule has 1 N–H and O–H groups in total. The SMILES string of the molecule is Fc1cccc(C2=NCCN2)c1CCc1cccc2sccc12. The van der Waals surface area contributed by atoms with Gasteiger partial charge < -0.3 is 5.32 Å². The molecule has 23 heavy (non-hydrogen) atoms. The number of aryl methyl sites for hydroxylation is 1. The summed E-state index contributed by atoms with van der Waals surface area (Å²) < 4.78 is 15.7. The number of thiophene rings is 1. The topological polar surface area (TPSA) is 24.4 Å². The normalized spacial score (nSPS) is 14.0. The first-order valence-corrected chi connectivity index (χ1v) is 8.72. The summed E-state index contributed by atoms with van der Waals surface area (Å²) in [5.74, 6) is 0.685. The number of nitrogens with one attached hydrogen (secondary N) is 1. The summed E-state index contributed by atoms with van der Waals surface area (Å²) in [6.45, 7) is 1.60. The van der Waals surface area contributed by atoms with Crippen molar-refractivity contribution in [1.82, 2.24) is 5.32 Å². The van der Waals surface area contributed by atoms with Gasteiger partial charge in [0.25, 0.3) is 0 Å². The predicted molar refractivity (Wildman–Crippen MR) is 95.0 cm³/mol. The number of amidine groups is 1. The van der Waals surface area contributed by atoms with Gasteiger partial charge in [-0.1, -0.05) is 24.3 Å². The minimum atomic E-state index is -0.142. The number of hydrogen-bond acceptors (Lipinski definition) is 3. The van der Waals surface area contributed by atoms with Crippen molar-refractivity contribution in [3.63, 3.8) is 0 Å². The van der Waals surface area contributed by atoms with Gasteiger partial charge in [0.2, 0.25) is 0 Å². The van der Waals surface area contributed by atoms with Crippen molar-refractivity contribution < 1.29 is 4.39 Å². The van der Waals surface area contributed by atoms with Gasteiger partial charge in [-0.2, -0.15) is 0 Å².